The molecule has 0 saturated carbocycles. The van der Waals surface area contributed by atoms with Gasteiger partial charge in [0.2, 0.25) is 0 Å². The van der Waals surface area contributed by atoms with Crippen LogP contribution in [0.1, 0.15) is 42.6 Å². The van der Waals surface area contributed by atoms with Gasteiger partial charge in [0.25, 0.3) is 0 Å². The van der Waals surface area contributed by atoms with Crippen LogP contribution >= 0.6 is 34.5 Å². The molecule has 0 amide bonds. The Kier molecular flexibility index (Phi) is 4.91. The van der Waals surface area contributed by atoms with Crippen LogP contribution in [0.25, 0.3) is 0 Å². The molecule has 1 aromatic carbocycles. The molecule has 0 aliphatic heterocycles. The third-order valence-electron chi connectivity index (χ3n) is 3.23. The van der Waals surface area contributed by atoms with Crippen LogP contribution in [-0.2, 0) is 0 Å². The van der Waals surface area contributed by atoms with E-state index in [4.69, 9.17) is 23.2 Å². The van der Waals surface area contributed by atoms with Crippen LogP contribution in [0.5, 0.6) is 0 Å². The van der Waals surface area contributed by atoms with Crippen LogP contribution in [0.3, 0.4) is 0 Å². The first kappa shape index (κ1) is 14.9. The largest absolute Gasteiger partial charge is 0.304 e. The summed E-state index contributed by atoms with van der Waals surface area (Å²) < 4.78 is 1.50. The topological polar surface area (TPSA) is 12.0 Å². The Hall–Kier alpha value is -0.540. The maximum absolute atomic E-state index is 6.18. The molecule has 1 N–H and O–H groups in total. The molecule has 1 nitrogen and oxygen atoms in total. The van der Waals surface area contributed by atoms with Crippen molar-refractivity contribution in [2.75, 3.05) is 0 Å². The molecule has 2 unspecified atom stereocenters. The van der Waals surface area contributed by atoms with Crippen molar-refractivity contribution in [1.82, 2.24) is 5.32 Å². The lowest BCUT2D eigenvalue weighted by molar-refractivity contribution is 0.495. The van der Waals surface area contributed by atoms with Crippen molar-refractivity contribution in [2.45, 2.75) is 32.9 Å². The van der Waals surface area contributed by atoms with Crippen LogP contribution in [0, 0.1) is 6.92 Å². The highest BCUT2D eigenvalue weighted by atomic mass is 35.5. The molecular formula is C15H17Cl2NS. The molecule has 0 saturated heterocycles. The second-order valence-electron chi connectivity index (χ2n) is 4.80. The zero-order chi connectivity index (χ0) is 14.0. The van der Waals surface area contributed by atoms with Gasteiger partial charge in [0.15, 0.2) is 0 Å². The van der Waals surface area contributed by atoms with Crippen LogP contribution in [0.15, 0.2) is 30.3 Å². The van der Waals surface area contributed by atoms with E-state index in [-0.39, 0.29) is 12.1 Å². The number of hydrogen-bond donors (Lipinski definition) is 1. The van der Waals surface area contributed by atoms with Crippen molar-refractivity contribution in [1.29, 1.82) is 0 Å². The van der Waals surface area contributed by atoms with E-state index >= 15 is 0 Å². The zero-order valence-corrected chi connectivity index (χ0v) is 13.5. The van der Waals surface area contributed by atoms with Gasteiger partial charge in [-0.25, -0.2) is 0 Å². The second-order valence-corrected chi connectivity index (χ2v) is 7.09. The fraction of sp³-hybridized carbons (Fsp3) is 0.333. The molecule has 0 fully saturated rings. The lowest BCUT2D eigenvalue weighted by atomic mass is 10.0. The SMILES string of the molecule is Cc1ccc(C(C)NC(C)c2cc(Cl)sc2Cl)cc1. The lowest BCUT2D eigenvalue weighted by Crippen LogP contribution is -2.22. The molecule has 0 aliphatic rings. The fourth-order valence-electron chi connectivity index (χ4n) is 2.06. The van der Waals surface area contributed by atoms with E-state index in [1.54, 1.807) is 0 Å². The van der Waals surface area contributed by atoms with Gasteiger partial charge in [0.1, 0.15) is 0 Å². The minimum Gasteiger partial charge on any atom is -0.304 e. The number of thiophene rings is 1. The third kappa shape index (κ3) is 3.73. The molecule has 0 spiro atoms. The summed E-state index contributed by atoms with van der Waals surface area (Å²) in [5.41, 5.74) is 3.61. The van der Waals surface area contributed by atoms with Gasteiger partial charge in [0.05, 0.1) is 8.67 Å². The first-order valence-corrected chi connectivity index (χ1v) is 7.82. The summed E-state index contributed by atoms with van der Waals surface area (Å²) in [6, 6.07) is 11.0. The van der Waals surface area contributed by atoms with Crippen LogP contribution in [-0.4, -0.2) is 0 Å². The van der Waals surface area contributed by atoms with Crippen molar-refractivity contribution in [3.8, 4) is 0 Å². The predicted molar refractivity (Wildman–Crippen MR) is 85.5 cm³/mol. The lowest BCUT2D eigenvalue weighted by Gasteiger charge is -2.20. The quantitative estimate of drug-likeness (QED) is 0.755. The monoisotopic (exact) mass is 313 g/mol. The van der Waals surface area contributed by atoms with Gasteiger partial charge in [-0.15, -0.1) is 11.3 Å². The Morgan fingerprint density at radius 1 is 1.05 bits per heavy atom. The van der Waals surface area contributed by atoms with Gasteiger partial charge in [-0.3, -0.25) is 0 Å². The van der Waals surface area contributed by atoms with Crippen molar-refractivity contribution in [3.05, 3.63) is 55.7 Å². The normalized spacial score (nSPS) is 14.4. The van der Waals surface area contributed by atoms with Gasteiger partial charge in [-0.2, -0.15) is 0 Å². The summed E-state index contributed by atoms with van der Waals surface area (Å²) in [7, 11) is 0. The summed E-state index contributed by atoms with van der Waals surface area (Å²) in [5, 5.41) is 3.55. The van der Waals surface area contributed by atoms with E-state index < -0.39 is 0 Å². The Labute approximate surface area is 128 Å². The maximum atomic E-state index is 6.18. The summed E-state index contributed by atoms with van der Waals surface area (Å²) >= 11 is 13.6. The highest BCUT2D eigenvalue weighted by Gasteiger charge is 2.16. The zero-order valence-electron chi connectivity index (χ0n) is 11.2. The first-order chi connectivity index (χ1) is 8.97. The highest BCUT2D eigenvalue weighted by molar-refractivity contribution is 7.20. The van der Waals surface area contributed by atoms with E-state index in [0.717, 1.165) is 14.2 Å². The van der Waals surface area contributed by atoms with Gasteiger partial charge in [-0.05, 0) is 38.0 Å². The molecule has 0 radical (unpaired) electrons. The molecule has 4 heteroatoms. The van der Waals surface area contributed by atoms with E-state index in [1.807, 2.05) is 6.07 Å². The van der Waals surface area contributed by atoms with Crippen LogP contribution < -0.4 is 5.32 Å². The summed E-state index contributed by atoms with van der Waals surface area (Å²) in [5.74, 6) is 0. The smallest absolute Gasteiger partial charge is 0.0991 e. The summed E-state index contributed by atoms with van der Waals surface area (Å²) in [4.78, 5) is 0. The number of halogens is 2. The molecule has 0 bridgehead atoms. The molecule has 1 heterocycles. The average Bonchev–Trinajstić information content (AvgIpc) is 2.69. The van der Waals surface area contributed by atoms with Gasteiger partial charge < -0.3 is 5.32 Å². The molecular weight excluding hydrogens is 297 g/mol. The third-order valence-corrected chi connectivity index (χ3v) is 4.74. The van der Waals surface area contributed by atoms with E-state index in [0.29, 0.717) is 0 Å². The molecule has 2 rings (SSSR count). The van der Waals surface area contributed by atoms with Crippen molar-refractivity contribution >= 4 is 34.5 Å². The van der Waals surface area contributed by atoms with Crippen molar-refractivity contribution < 1.29 is 0 Å². The van der Waals surface area contributed by atoms with Crippen LogP contribution in [0.4, 0.5) is 0 Å². The van der Waals surface area contributed by atoms with Gasteiger partial charge in [0, 0.05) is 12.1 Å². The van der Waals surface area contributed by atoms with E-state index in [9.17, 15) is 0 Å². The van der Waals surface area contributed by atoms with Crippen LogP contribution in [0.2, 0.25) is 8.67 Å². The Morgan fingerprint density at radius 2 is 1.68 bits per heavy atom. The van der Waals surface area contributed by atoms with Gasteiger partial charge in [-0.1, -0.05) is 53.0 Å². The van der Waals surface area contributed by atoms with E-state index in [2.05, 4.69) is 50.4 Å². The Bertz CT molecular complexity index is 548. The highest BCUT2D eigenvalue weighted by Crippen LogP contribution is 2.35. The molecule has 19 heavy (non-hydrogen) atoms. The molecule has 1 aromatic heterocycles. The number of aryl methyl sites for hydroxylation is 1. The maximum Gasteiger partial charge on any atom is 0.0991 e. The molecule has 102 valence electrons. The standard InChI is InChI=1S/C15H17Cl2NS/c1-9-4-6-12(7-5-9)10(2)18-11(3)13-8-14(16)19-15(13)17/h4-8,10-11,18H,1-3H3. The Morgan fingerprint density at radius 3 is 2.21 bits per heavy atom. The minimum atomic E-state index is 0.174. The Balaban J connectivity index is 2.08. The number of nitrogens with one attached hydrogen (secondary N) is 1. The molecule has 2 aromatic rings. The van der Waals surface area contributed by atoms with Gasteiger partial charge >= 0.3 is 0 Å². The van der Waals surface area contributed by atoms with Crippen molar-refractivity contribution in [3.63, 3.8) is 0 Å². The minimum absolute atomic E-state index is 0.174. The fourth-order valence-corrected chi connectivity index (χ4v) is 3.71. The molecule has 0 aliphatic carbocycles. The summed E-state index contributed by atoms with van der Waals surface area (Å²) in [6.45, 7) is 6.36. The second kappa shape index (κ2) is 6.27. The van der Waals surface area contributed by atoms with Crippen molar-refractivity contribution in [2.24, 2.45) is 0 Å². The van der Waals surface area contributed by atoms with E-state index in [1.165, 1.54) is 22.5 Å². The number of benzene rings is 1. The molecule has 2 atom stereocenters. The summed E-state index contributed by atoms with van der Waals surface area (Å²) in [6.07, 6.45) is 0. The first-order valence-electron chi connectivity index (χ1n) is 6.24. The number of hydrogen-bond acceptors (Lipinski definition) is 2. The predicted octanol–water partition coefficient (Wildman–Crippen LogP) is 5.78. The average molecular weight is 314 g/mol. The number of rotatable bonds is 4.